The van der Waals surface area contributed by atoms with Crippen molar-refractivity contribution in [1.82, 2.24) is 15.2 Å². The molecule has 0 saturated carbocycles. The quantitative estimate of drug-likeness (QED) is 0.827. The molecule has 0 unspecified atom stereocenters. The Balaban J connectivity index is 2.35. The van der Waals surface area contributed by atoms with Gasteiger partial charge in [-0.05, 0) is 31.0 Å². The number of hydrogen-bond donors (Lipinski definition) is 2. The summed E-state index contributed by atoms with van der Waals surface area (Å²) in [5.74, 6) is 0.702. The largest absolute Gasteiger partial charge is 0.330 e. The summed E-state index contributed by atoms with van der Waals surface area (Å²) in [6.07, 6.45) is 0. The normalized spacial score (nSPS) is 10.7. The van der Waals surface area contributed by atoms with Gasteiger partial charge in [0.1, 0.15) is 0 Å². The number of nitrogens with two attached hydrogens (primary N) is 1. The minimum Gasteiger partial charge on any atom is -0.330 e. The molecule has 0 atom stereocenters. The lowest BCUT2D eigenvalue weighted by molar-refractivity contribution is 0.823. The minimum absolute atomic E-state index is 0.224. The number of nitrogens with zero attached hydrogens (tertiary/aromatic N) is 2. The summed E-state index contributed by atoms with van der Waals surface area (Å²) in [5, 5.41) is 8.53. The molecule has 0 aliphatic carbocycles. The molecule has 100 valence electrons. The number of aryl methyl sites for hydroxylation is 2. The molecule has 0 spiro atoms. The predicted molar refractivity (Wildman–Crippen MR) is 77.3 cm³/mol. The van der Waals surface area contributed by atoms with Crippen molar-refractivity contribution in [3.63, 3.8) is 0 Å². The molecule has 3 N–H and O–H groups in total. The number of nitrogens with one attached hydrogen (secondary N) is 1. The summed E-state index contributed by atoms with van der Waals surface area (Å²) in [5.41, 5.74) is 8.62. The van der Waals surface area contributed by atoms with Gasteiger partial charge in [-0.15, -0.1) is 10.2 Å². The number of aromatic nitrogens is 3. The van der Waals surface area contributed by atoms with E-state index in [0.717, 1.165) is 11.1 Å². The van der Waals surface area contributed by atoms with Crippen LogP contribution in [0.2, 0.25) is 0 Å². The van der Waals surface area contributed by atoms with E-state index in [-0.39, 0.29) is 5.56 Å². The number of aromatic amines is 1. The van der Waals surface area contributed by atoms with E-state index in [2.05, 4.69) is 15.2 Å². The van der Waals surface area contributed by atoms with Crippen molar-refractivity contribution in [2.75, 3.05) is 12.3 Å². The van der Waals surface area contributed by atoms with E-state index in [1.807, 2.05) is 32.0 Å². The molecule has 0 aliphatic rings. The molecule has 0 amide bonds. The van der Waals surface area contributed by atoms with Gasteiger partial charge < -0.3 is 5.73 Å². The monoisotopic (exact) mass is 276 g/mol. The third kappa shape index (κ3) is 3.21. The molecule has 0 aliphatic heterocycles. The Labute approximate surface area is 115 Å². The zero-order chi connectivity index (χ0) is 13.8. The van der Waals surface area contributed by atoms with Crippen LogP contribution in [-0.4, -0.2) is 27.5 Å². The Morgan fingerprint density at radius 2 is 2.05 bits per heavy atom. The van der Waals surface area contributed by atoms with E-state index >= 15 is 0 Å². The first-order chi connectivity index (χ1) is 9.11. The lowest BCUT2D eigenvalue weighted by Gasteiger charge is -2.04. The molecule has 0 fully saturated rings. The fourth-order valence-corrected chi connectivity index (χ4v) is 2.19. The topological polar surface area (TPSA) is 84.7 Å². The van der Waals surface area contributed by atoms with Crippen molar-refractivity contribution < 1.29 is 0 Å². The van der Waals surface area contributed by atoms with Crippen molar-refractivity contribution in [3.05, 3.63) is 39.7 Å². The van der Waals surface area contributed by atoms with Crippen LogP contribution in [0, 0.1) is 13.8 Å². The van der Waals surface area contributed by atoms with Crippen LogP contribution in [0.1, 0.15) is 11.1 Å². The van der Waals surface area contributed by atoms with Gasteiger partial charge in [-0.25, -0.2) is 0 Å². The number of benzene rings is 1. The summed E-state index contributed by atoms with van der Waals surface area (Å²) in [4.78, 5) is 14.7. The maximum atomic E-state index is 12.0. The van der Waals surface area contributed by atoms with Gasteiger partial charge in [-0.3, -0.25) is 9.78 Å². The first kappa shape index (κ1) is 13.8. The molecule has 1 aromatic heterocycles. The van der Waals surface area contributed by atoms with E-state index in [1.165, 1.54) is 17.3 Å². The second-order valence-corrected chi connectivity index (χ2v) is 5.33. The number of thioether (sulfide) groups is 1. The van der Waals surface area contributed by atoms with Gasteiger partial charge >= 0.3 is 0 Å². The molecular weight excluding hydrogens is 260 g/mol. The van der Waals surface area contributed by atoms with Gasteiger partial charge in [-0.2, -0.15) is 0 Å². The SMILES string of the molecule is Cc1ccc(-c2nnc(SCCN)[nH]c2=O)cc1C. The van der Waals surface area contributed by atoms with Crippen molar-refractivity contribution >= 4 is 11.8 Å². The molecule has 2 rings (SSSR count). The lowest BCUT2D eigenvalue weighted by Crippen LogP contribution is -2.15. The van der Waals surface area contributed by atoms with Crippen LogP contribution in [0.5, 0.6) is 0 Å². The van der Waals surface area contributed by atoms with Crippen LogP contribution < -0.4 is 11.3 Å². The van der Waals surface area contributed by atoms with E-state index < -0.39 is 0 Å². The molecule has 1 aromatic carbocycles. The fraction of sp³-hybridized carbons (Fsp3) is 0.308. The minimum atomic E-state index is -0.224. The predicted octanol–water partition coefficient (Wildman–Crippen LogP) is 1.50. The first-order valence-electron chi connectivity index (χ1n) is 5.99. The Bertz CT molecular complexity index is 639. The average molecular weight is 276 g/mol. The maximum absolute atomic E-state index is 12.0. The van der Waals surface area contributed by atoms with Crippen molar-refractivity contribution in [3.8, 4) is 11.3 Å². The van der Waals surface area contributed by atoms with Gasteiger partial charge in [0.05, 0.1) is 0 Å². The highest BCUT2D eigenvalue weighted by Gasteiger charge is 2.08. The summed E-state index contributed by atoms with van der Waals surface area (Å²) >= 11 is 1.39. The zero-order valence-corrected chi connectivity index (χ0v) is 11.8. The Morgan fingerprint density at radius 1 is 1.26 bits per heavy atom. The Hall–Kier alpha value is -1.66. The standard InChI is InChI=1S/C13H16N4OS/c1-8-3-4-10(7-9(8)2)11-12(18)15-13(17-16-11)19-6-5-14/h3-4,7H,5-6,14H2,1-2H3,(H,15,17,18). The van der Waals surface area contributed by atoms with Gasteiger partial charge in [0.2, 0.25) is 0 Å². The smallest absolute Gasteiger partial charge is 0.278 e. The number of hydrogen-bond acceptors (Lipinski definition) is 5. The summed E-state index contributed by atoms with van der Waals surface area (Å²) in [7, 11) is 0. The Kier molecular flexibility index (Phi) is 4.34. The molecule has 1 heterocycles. The molecule has 5 nitrogen and oxygen atoms in total. The van der Waals surface area contributed by atoms with E-state index in [9.17, 15) is 4.79 Å². The zero-order valence-electron chi connectivity index (χ0n) is 10.9. The highest BCUT2D eigenvalue weighted by Crippen LogP contribution is 2.17. The van der Waals surface area contributed by atoms with Crippen molar-refractivity contribution in [2.45, 2.75) is 19.0 Å². The van der Waals surface area contributed by atoms with Crippen molar-refractivity contribution in [2.24, 2.45) is 5.73 Å². The first-order valence-corrected chi connectivity index (χ1v) is 6.98. The van der Waals surface area contributed by atoms with Gasteiger partial charge in [0.15, 0.2) is 10.9 Å². The van der Waals surface area contributed by atoms with Crippen LogP contribution >= 0.6 is 11.8 Å². The second-order valence-electron chi connectivity index (χ2n) is 4.24. The molecule has 2 aromatic rings. The van der Waals surface area contributed by atoms with Crippen LogP contribution in [0.4, 0.5) is 0 Å². The van der Waals surface area contributed by atoms with Gasteiger partial charge in [0, 0.05) is 17.9 Å². The average Bonchev–Trinajstić information content (AvgIpc) is 2.40. The van der Waals surface area contributed by atoms with E-state index in [1.54, 1.807) is 0 Å². The number of H-pyrrole nitrogens is 1. The van der Waals surface area contributed by atoms with Gasteiger partial charge in [0.25, 0.3) is 5.56 Å². The molecule has 0 saturated heterocycles. The third-order valence-electron chi connectivity index (χ3n) is 2.81. The summed E-state index contributed by atoms with van der Waals surface area (Å²) in [6.45, 7) is 4.57. The van der Waals surface area contributed by atoms with Gasteiger partial charge in [-0.1, -0.05) is 23.9 Å². The van der Waals surface area contributed by atoms with Crippen LogP contribution in [0.25, 0.3) is 11.3 Å². The molecular formula is C13H16N4OS. The van der Waals surface area contributed by atoms with Crippen LogP contribution in [0.3, 0.4) is 0 Å². The summed E-state index contributed by atoms with van der Waals surface area (Å²) < 4.78 is 0. The Morgan fingerprint density at radius 3 is 2.68 bits per heavy atom. The second kappa shape index (κ2) is 5.99. The maximum Gasteiger partial charge on any atom is 0.278 e. The third-order valence-corrected chi connectivity index (χ3v) is 3.71. The molecule has 19 heavy (non-hydrogen) atoms. The molecule has 0 bridgehead atoms. The highest BCUT2D eigenvalue weighted by atomic mass is 32.2. The lowest BCUT2D eigenvalue weighted by atomic mass is 10.0. The summed E-state index contributed by atoms with van der Waals surface area (Å²) in [6, 6.07) is 5.80. The highest BCUT2D eigenvalue weighted by molar-refractivity contribution is 7.99. The molecule has 6 heteroatoms. The van der Waals surface area contributed by atoms with Crippen molar-refractivity contribution in [1.29, 1.82) is 0 Å². The van der Waals surface area contributed by atoms with Crippen LogP contribution in [-0.2, 0) is 0 Å². The van der Waals surface area contributed by atoms with Crippen LogP contribution in [0.15, 0.2) is 28.2 Å². The van der Waals surface area contributed by atoms with E-state index in [0.29, 0.717) is 23.1 Å². The fourth-order valence-electron chi connectivity index (χ4n) is 1.62. The van der Waals surface area contributed by atoms with E-state index in [4.69, 9.17) is 5.73 Å². The number of rotatable bonds is 4. The molecule has 0 radical (unpaired) electrons.